The van der Waals surface area contributed by atoms with Crippen molar-refractivity contribution < 1.29 is 14.4 Å². The van der Waals surface area contributed by atoms with Gasteiger partial charge < -0.3 is 15.1 Å². The van der Waals surface area contributed by atoms with Crippen molar-refractivity contribution in [3.05, 3.63) is 34.9 Å². The number of hydrogen-bond acceptors (Lipinski definition) is 3. The topological polar surface area (TPSA) is 69.7 Å². The average Bonchev–Trinajstić information content (AvgIpc) is 3.07. The number of rotatable bonds is 7. The quantitative estimate of drug-likeness (QED) is 0.724. The van der Waals surface area contributed by atoms with Crippen molar-refractivity contribution in [2.45, 2.75) is 38.6 Å². The number of halogens is 1. The van der Waals surface area contributed by atoms with Crippen molar-refractivity contribution in [3.8, 4) is 0 Å². The smallest absolute Gasteiger partial charge is 0.224 e. The monoisotopic (exact) mass is 391 g/mol. The summed E-state index contributed by atoms with van der Waals surface area (Å²) in [5.74, 6) is 0.117. The molecule has 0 aromatic heterocycles. The zero-order valence-corrected chi connectivity index (χ0v) is 16.2. The highest BCUT2D eigenvalue weighted by Gasteiger charge is 2.30. The fourth-order valence-corrected chi connectivity index (χ4v) is 3.78. The zero-order valence-electron chi connectivity index (χ0n) is 15.5. The van der Waals surface area contributed by atoms with Crippen LogP contribution in [0.25, 0.3) is 0 Å². The molecule has 1 aromatic rings. The van der Waals surface area contributed by atoms with Crippen LogP contribution in [-0.2, 0) is 20.9 Å². The second kappa shape index (κ2) is 9.22. The fraction of sp³-hybridized carbons (Fsp3) is 0.550. The van der Waals surface area contributed by atoms with Crippen LogP contribution in [0.5, 0.6) is 0 Å². The van der Waals surface area contributed by atoms with Gasteiger partial charge in [0.15, 0.2) is 0 Å². The molecule has 3 rings (SSSR count). The highest BCUT2D eigenvalue weighted by Crippen LogP contribution is 2.21. The molecule has 6 nitrogen and oxygen atoms in total. The first-order chi connectivity index (χ1) is 13.0. The molecule has 3 amide bonds. The van der Waals surface area contributed by atoms with Gasteiger partial charge in [0, 0.05) is 50.6 Å². The van der Waals surface area contributed by atoms with E-state index in [2.05, 4.69) is 5.32 Å². The Morgan fingerprint density at radius 2 is 1.85 bits per heavy atom. The standard InChI is InChI=1S/C20H26ClN3O3/c21-17-7-4-15(5-8-17)13-24-14-16(6-9-19(24)26)20(27)22-10-2-12-23-11-1-3-18(23)25/h4-5,7-8,16H,1-3,6,9-14H2,(H,22,27)/t16-/m1/s1. The van der Waals surface area contributed by atoms with Crippen LogP contribution in [0, 0.1) is 5.92 Å². The summed E-state index contributed by atoms with van der Waals surface area (Å²) in [7, 11) is 0. The Morgan fingerprint density at radius 3 is 2.56 bits per heavy atom. The number of hydrogen-bond donors (Lipinski definition) is 1. The number of nitrogens with one attached hydrogen (secondary N) is 1. The minimum absolute atomic E-state index is 0.00338. The summed E-state index contributed by atoms with van der Waals surface area (Å²) in [4.78, 5) is 39.9. The molecule has 0 aliphatic carbocycles. The number of carbonyl (C=O) groups is 3. The number of likely N-dealkylation sites (tertiary alicyclic amines) is 2. The molecule has 2 aliphatic heterocycles. The Kier molecular flexibility index (Phi) is 6.72. The highest BCUT2D eigenvalue weighted by atomic mass is 35.5. The van der Waals surface area contributed by atoms with Crippen LogP contribution in [0.3, 0.4) is 0 Å². The molecule has 0 spiro atoms. The second-order valence-electron chi connectivity index (χ2n) is 7.27. The van der Waals surface area contributed by atoms with E-state index < -0.39 is 0 Å². The Balaban J connectivity index is 1.43. The number of benzene rings is 1. The van der Waals surface area contributed by atoms with Crippen molar-refractivity contribution in [2.24, 2.45) is 5.92 Å². The maximum Gasteiger partial charge on any atom is 0.224 e. The second-order valence-corrected chi connectivity index (χ2v) is 7.70. The van der Waals surface area contributed by atoms with Crippen LogP contribution >= 0.6 is 11.6 Å². The molecule has 1 aromatic carbocycles. The summed E-state index contributed by atoms with van der Waals surface area (Å²) >= 11 is 5.90. The van der Waals surface area contributed by atoms with Crippen molar-refractivity contribution >= 4 is 29.3 Å². The van der Waals surface area contributed by atoms with Crippen LogP contribution in [-0.4, -0.2) is 53.7 Å². The lowest BCUT2D eigenvalue weighted by atomic mass is 9.96. The molecule has 1 atom stereocenters. The first-order valence-electron chi connectivity index (χ1n) is 9.60. The summed E-state index contributed by atoms with van der Waals surface area (Å²) in [6, 6.07) is 7.42. The predicted octanol–water partition coefficient (Wildman–Crippen LogP) is 2.21. The number of amides is 3. The Hall–Kier alpha value is -2.08. The lowest BCUT2D eigenvalue weighted by molar-refractivity contribution is -0.138. The van der Waals surface area contributed by atoms with Crippen LogP contribution < -0.4 is 5.32 Å². The van der Waals surface area contributed by atoms with Crippen LogP contribution in [0.15, 0.2) is 24.3 Å². The maximum atomic E-state index is 12.5. The minimum atomic E-state index is -0.177. The Bertz CT molecular complexity index is 692. The van der Waals surface area contributed by atoms with E-state index in [-0.39, 0.29) is 23.6 Å². The summed E-state index contributed by atoms with van der Waals surface area (Å²) in [5.41, 5.74) is 1.00. The third kappa shape index (κ3) is 5.45. The van der Waals surface area contributed by atoms with Gasteiger partial charge in [-0.15, -0.1) is 0 Å². The van der Waals surface area contributed by atoms with E-state index in [1.165, 1.54) is 0 Å². The molecule has 0 unspecified atom stereocenters. The van der Waals surface area contributed by atoms with Gasteiger partial charge in [-0.3, -0.25) is 14.4 Å². The lowest BCUT2D eigenvalue weighted by Crippen LogP contribution is -2.45. The average molecular weight is 392 g/mol. The molecular formula is C20H26ClN3O3. The third-order valence-electron chi connectivity index (χ3n) is 5.23. The molecule has 0 radical (unpaired) electrons. The molecule has 7 heteroatoms. The van der Waals surface area contributed by atoms with E-state index in [0.717, 1.165) is 24.9 Å². The van der Waals surface area contributed by atoms with E-state index in [0.29, 0.717) is 50.5 Å². The normalized spacial score (nSPS) is 20.3. The van der Waals surface area contributed by atoms with Gasteiger partial charge in [-0.2, -0.15) is 0 Å². The van der Waals surface area contributed by atoms with E-state index in [9.17, 15) is 14.4 Å². The molecule has 2 heterocycles. The van der Waals surface area contributed by atoms with Gasteiger partial charge in [-0.1, -0.05) is 23.7 Å². The van der Waals surface area contributed by atoms with Gasteiger partial charge in [0.2, 0.25) is 17.7 Å². The molecule has 2 aliphatic rings. The molecule has 2 saturated heterocycles. The van der Waals surface area contributed by atoms with E-state index >= 15 is 0 Å². The van der Waals surface area contributed by atoms with E-state index in [4.69, 9.17) is 11.6 Å². The van der Waals surface area contributed by atoms with Gasteiger partial charge in [0.25, 0.3) is 0 Å². The number of piperidine rings is 1. The molecule has 0 bridgehead atoms. The largest absolute Gasteiger partial charge is 0.356 e. The Morgan fingerprint density at radius 1 is 1.11 bits per heavy atom. The summed E-state index contributed by atoms with van der Waals surface area (Å²) < 4.78 is 0. The maximum absolute atomic E-state index is 12.5. The molecule has 1 N–H and O–H groups in total. The van der Waals surface area contributed by atoms with Gasteiger partial charge in [0.05, 0.1) is 5.92 Å². The van der Waals surface area contributed by atoms with E-state index in [1.807, 2.05) is 17.0 Å². The minimum Gasteiger partial charge on any atom is -0.356 e. The van der Waals surface area contributed by atoms with Gasteiger partial charge in [-0.05, 0) is 37.0 Å². The lowest BCUT2D eigenvalue weighted by Gasteiger charge is -2.32. The summed E-state index contributed by atoms with van der Waals surface area (Å²) in [6.45, 7) is 3.03. The molecule has 0 saturated carbocycles. The van der Waals surface area contributed by atoms with Crippen molar-refractivity contribution in [2.75, 3.05) is 26.2 Å². The highest BCUT2D eigenvalue weighted by molar-refractivity contribution is 6.30. The van der Waals surface area contributed by atoms with Crippen molar-refractivity contribution in [1.82, 2.24) is 15.1 Å². The van der Waals surface area contributed by atoms with Crippen molar-refractivity contribution in [1.29, 1.82) is 0 Å². The molecule has 146 valence electrons. The van der Waals surface area contributed by atoms with Crippen LogP contribution in [0.2, 0.25) is 5.02 Å². The first kappa shape index (κ1) is 19.7. The zero-order chi connectivity index (χ0) is 19.2. The number of carbonyl (C=O) groups excluding carboxylic acids is 3. The Labute approximate surface area is 164 Å². The third-order valence-corrected chi connectivity index (χ3v) is 5.49. The molecule has 27 heavy (non-hydrogen) atoms. The van der Waals surface area contributed by atoms with Gasteiger partial charge >= 0.3 is 0 Å². The molecule has 2 fully saturated rings. The van der Waals surface area contributed by atoms with Crippen LogP contribution in [0.4, 0.5) is 0 Å². The van der Waals surface area contributed by atoms with E-state index in [1.54, 1.807) is 17.0 Å². The first-order valence-corrected chi connectivity index (χ1v) is 9.98. The molecular weight excluding hydrogens is 366 g/mol. The van der Waals surface area contributed by atoms with Gasteiger partial charge in [0.1, 0.15) is 0 Å². The number of nitrogens with zero attached hydrogens (tertiary/aromatic N) is 2. The van der Waals surface area contributed by atoms with Crippen molar-refractivity contribution in [3.63, 3.8) is 0 Å². The van der Waals surface area contributed by atoms with Crippen LogP contribution in [0.1, 0.15) is 37.7 Å². The predicted molar refractivity (Wildman–Crippen MR) is 103 cm³/mol. The van der Waals surface area contributed by atoms with Gasteiger partial charge in [-0.25, -0.2) is 0 Å². The summed E-state index contributed by atoms with van der Waals surface area (Å²) in [5, 5.41) is 3.63. The fourth-order valence-electron chi connectivity index (χ4n) is 3.66. The summed E-state index contributed by atoms with van der Waals surface area (Å²) in [6.07, 6.45) is 3.33. The SMILES string of the molecule is O=C(NCCCN1CCCC1=O)[C@@H]1CCC(=O)N(Cc2ccc(Cl)cc2)C1.